The number of carbonyl (C=O) groups excluding carboxylic acids is 3. The molecule has 8 nitrogen and oxygen atoms in total. The Morgan fingerprint density at radius 3 is 2.13 bits per heavy atom. The lowest BCUT2D eigenvalue weighted by atomic mass is 10.0. The van der Waals surface area contributed by atoms with E-state index >= 15 is 0 Å². The lowest BCUT2D eigenvalue weighted by Gasteiger charge is -2.25. The second kappa shape index (κ2) is 10.1. The maximum atomic E-state index is 12.9. The second-order valence-corrected chi connectivity index (χ2v) is 6.81. The van der Waals surface area contributed by atoms with Crippen LogP contribution in [-0.2, 0) is 16.1 Å². The molecule has 1 atom stereocenters. The van der Waals surface area contributed by atoms with Gasteiger partial charge in [-0.3, -0.25) is 24.6 Å². The molecule has 0 aliphatic heterocycles. The molecule has 1 aromatic heterocycles. The first-order valence-electron chi connectivity index (χ1n) is 9.54. The van der Waals surface area contributed by atoms with Gasteiger partial charge < -0.3 is 10.2 Å². The number of amides is 3. The molecule has 2 aromatic carbocycles. The summed E-state index contributed by atoms with van der Waals surface area (Å²) in [5.74, 6) is -2.27. The molecule has 3 amide bonds. The van der Waals surface area contributed by atoms with Crippen LogP contribution in [0.3, 0.4) is 0 Å². The van der Waals surface area contributed by atoms with Crippen LogP contribution in [0, 0.1) is 0 Å². The number of pyridine rings is 1. The van der Waals surface area contributed by atoms with Gasteiger partial charge in [-0.2, -0.15) is 0 Å². The van der Waals surface area contributed by atoms with Gasteiger partial charge in [-0.1, -0.05) is 42.5 Å². The molecule has 0 bridgehead atoms. The molecule has 0 aliphatic rings. The number of hydroxylamine groups is 1. The summed E-state index contributed by atoms with van der Waals surface area (Å²) in [6.45, 7) is 0.143. The van der Waals surface area contributed by atoms with Gasteiger partial charge in [0.25, 0.3) is 17.7 Å². The molecular weight excluding hydrogens is 396 g/mol. The second-order valence-electron chi connectivity index (χ2n) is 6.81. The Labute approximate surface area is 179 Å². The normalized spacial score (nSPS) is 11.3. The zero-order chi connectivity index (χ0) is 22.2. The molecule has 1 unspecified atom stereocenters. The average molecular weight is 418 g/mol. The average Bonchev–Trinajstić information content (AvgIpc) is 2.83. The fraction of sp³-hybridized carbons (Fsp3) is 0.130. The number of carbonyl (C=O) groups is 3. The highest BCUT2D eigenvalue weighted by Gasteiger charge is 2.34. The molecule has 3 rings (SSSR count). The van der Waals surface area contributed by atoms with E-state index in [1.165, 1.54) is 12.5 Å². The Kier molecular flexibility index (Phi) is 7.08. The molecule has 0 radical (unpaired) electrons. The summed E-state index contributed by atoms with van der Waals surface area (Å²) in [4.78, 5) is 42.6. The smallest absolute Gasteiger partial charge is 0.275 e. The molecule has 8 heteroatoms. The van der Waals surface area contributed by atoms with E-state index in [0.717, 1.165) is 21.6 Å². The summed E-state index contributed by atoms with van der Waals surface area (Å²) < 4.78 is 0. The summed E-state index contributed by atoms with van der Waals surface area (Å²) in [5.41, 5.74) is 4.47. The van der Waals surface area contributed by atoms with Crippen LogP contribution in [0.2, 0.25) is 0 Å². The summed E-state index contributed by atoms with van der Waals surface area (Å²) in [7, 11) is 1.33. The molecule has 158 valence electrons. The minimum absolute atomic E-state index is 0.143. The van der Waals surface area contributed by atoms with Gasteiger partial charge in [-0.25, -0.2) is 5.48 Å². The van der Waals surface area contributed by atoms with E-state index in [0.29, 0.717) is 5.56 Å². The van der Waals surface area contributed by atoms with E-state index in [-0.39, 0.29) is 6.54 Å². The molecule has 31 heavy (non-hydrogen) atoms. The first-order valence-corrected chi connectivity index (χ1v) is 9.54. The van der Waals surface area contributed by atoms with Crippen molar-refractivity contribution in [3.05, 3.63) is 90.3 Å². The number of hydrogen-bond acceptors (Lipinski definition) is 5. The topological polar surface area (TPSA) is 112 Å². The van der Waals surface area contributed by atoms with Crippen molar-refractivity contribution >= 4 is 17.7 Å². The third-order valence-corrected chi connectivity index (χ3v) is 4.77. The molecule has 3 N–H and O–H groups in total. The number of rotatable bonds is 7. The Hall–Kier alpha value is -4.04. The van der Waals surface area contributed by atoms with Crippen molar-refractivity contribution < 1.29 is 19.6 Å². The third-order valence-electron chi connectivity index (χ3n) is 4.77. The largest absolute Gasteiger partial charge is 0.350 e. The van der Waals surface area contributed by atoms with Crippen LogP contribution in [0.5, 0.6) is 0 Å². The predicted molar refractivity (Wildman–Crippen MR) is 114 cm³/mol. The molecule has 0 spiro atoms. The Morgan fingerprint density at radius 1 is 0.903 bits per heavy atom. The summed E-state index contributed by atoms with van der Waals surface area (Å²) in [5, 5.41) is 11.7. The van der Waals surface area contributed by atoms with Crippen LogP contribution in [-0.4, -0.2) is 45.9 Å². The fourth-order valence-corrected chi connectivity index (χ4v) is 3.08. The molecular formula is C23H22N4O4. The minimum Gasteiger partial charge on any atom is -0.350 e. The Morgan fingerprint density at radius 2 is 1.52 bits per heavy atom. The molecule has 3 aromatic rings. The van der Waals surface area contributed by atoms with Gasteiger partial charge >= 0.3 is 0 Å². The number of hydrogen-bond donors (Lipinski definition) is 3. The van der Waals surface area contributed by atoms with E-state index in [1.807, 2.05) is 30.3 Å². The SMILES string of the molecule is CN(C(=O)c1ccc(-c2ccccc2)cc1)C(C(=O)NO)C(=O)NCc1ccncc1. The Bertz CT molecular complexity index is 1040. The zero-order valence-corrected chi connectivity index (χ0v) is 16.9. The molecule has 0 saturated carbocycles. The third kappa shape index (κ3) is 5.31. The van der Waals surface area contributed by atoms with E-state index < -0.39 is 23.8 Å². The molecule has 0 fully saturated rings. The summed E-state index contributed by atoms with van der Waals surface area (Å²) >= 11 is 0. The number of likely N-dealkylation sites (N-methyl/N-ethyl adjacent to an activating group) is 1. The zero-order valence-electron chi connectivity index (χ0n) is 16.9. The van der Waals surface area contributed by atoms with Gasteiger partial charge in [0.1, 0.15) is 0 Å². The highest BCUT2D eigenvalue weighted by atomic mass is 16.5. The summed E-state index contributed by atoms with van der Waals surface area (Å²) in [6.07, 6.45) is 3.16. The summed E-state index contributed by atoms with van der Waals surface area (Å²) in [6, 6.07) is 18.4. The molecule has 1 heterocycles. The van der Waals surface area contributed by atoms with E-state index in [4.69, 9.17) is 5.21 Å². The first kappa shape index (κ1) is 21.7. The van der Waals surface area contributed by atoms with Crippen LogP contribution >= 0.6 is 0 Å². The number of aromatic nitrogens is 1. The monoisotopic (exact) mass is 418 g/mol. The van der Waals surface area contributed by atoms with Gasteiger partial charge in [0.2, 0.25) is 0 Å². The number of nitrogens with one attached hydrogen (secondary N) is 2. The van der Waals surface area contributed by atoms with Crippen molar-refractivity contribution in [2.24, 2.45) is 0 Å². The van der Waals surface area contributed by atoms with Crippen LogP contribution in [0.4, 0.5) is 0 Å². The minimum atomic E-state index is -1.55. The molecule has 0 aliphatic carbocycles. The van der Waals surface area contributed by atoms with E-state index in [2.05, 4.69) is 10.3 Å². The maximum Gasteiger partial charge on any atom is 0.275 e. The van der Waals surface area contributed by atoms with Gasteiger partial charge in [-0.15, -0.1) is 0 Å². The van der Waals surface area contributed by atoms with Crippen molar-refractivity contribution in [3.63, 3.8) is 0 Å². The highest BCUT2D eigenvalue weighted by Crippen LogP contribution is 2.20. The van der Waals surface area contributed by atoms with Crippen molar-refractivity contribution in [3.8, 4) is 11.1 Å². The van der Waals surface area contributed by atoms with Crippen molar-refractivity contribution in [2.75, 3.05) is 7.05 Å². The maximum absolute atomic E-state index is 12.9. The van der Waals surface area contributed by atoms with Crippen LogP contribution in [0.25, 0.3) is 11.1 Å². The number of nitrogens with zero attached hydrogens (tertiary/aromatic N) is 2. The molecule has 0 saturated heterocycles. The number of benzene rings is 2. The van der Waals surface area contributed by atoms with Crippen LogP contribution < -0.4 is 10.8 Å². The first-order chi connectivity index (χ1) is 15.0. The van der Waals surface area contributed by atoms with E-state index in [1.54, 1.807) is 48.8 Å². The van der Waals surface area contributed by atoms with E-state index in [9.17, 15) is 14.4 Å². The van der Waals surface area contributed by atoms with Crippen LogP contribution in [0.15, 0.2) is 79.1 Å². The van der Waals surface area contributed by atoms with Gasteiger partial charge in [0, 0.05) is 31.5 Å². The van der Waals surface area contributed by atoms with Gasteiger partial charge in [0.05, 0.1) is 0 Å². The van der Waals surface area contributed by atoms with Gasteiger partial charge in [0.15, 0.2) is 6.04 Å². The standard InChI is InChI=1S/C23H22N4O4/c1-27(20(22(29)26-31)21(28)25-15-16-11-13-24-14-12-16)23(30)19-9-7-18(8-10-19)17-5-3-2-4-6-17/h2-14,20,31H,15H2,1H3,(H,25,28)(H,26,29). The quantitative estimate of drug-likeness (QED) is 0.309. The van der Waals surface area contributed by atoms with Crippen molar-refractivity contribution in [1.29, 1.82) is 0 Å². The van der Waals surface area contributed by atoms with Gasteiger partial charge in [-0.05, 0) is 41.0 Å². The Balaban J connectivity index is 1.74. The lowest BCUT2D eigenvalue weighted by molar-refractivity contribution is -0.141. The van der Waals surface area contributed by atoms with Crippen LogP contribution in [0.1, 0.15) is 15.9 Å². The lowest BCUT2D eigenvalue weighted by Crippen LogP contribution is -2.55. The fourth-order valence-electron chi connectivity index (χ4n) is 3.08. The van der Waals surface area contributed by atoms with Crippen molar-refractivity contribution in [2.45, 2.75) is 12.6 Å². The van der Waals surface area contributed by atoms with Crippen molar-refractivity contribution in [1.82, 2.24) is 20.7 Å². The highest BCUT2D eigenvalue weighted by molar-refractivity contribution is 6.08. The predicted octanol–water partition coefficient (Wildman–Crippen LogP) is 2.01.